The third-order valence-corrected chi connectivity index (χ3v) is 4.60. The molecule has 0 saturated carbocycles. The van der Waals surface area contributed by atoms with E-state index >= 15 is 0 Å². The van der Waals surface area contributed by atoms with E-state index in [9.17, 15) is 4.79 Å². The summed E-state index contributed by atoms with van der Waals surface area (Å²) in [6.45, 7) is 10.8. The number of piperidine rings is 1. The fourth-order valence-corrected chi connectivity index (χ4v) is 3.63. The quantitative estimate of drug-likeness (QED) is 0.469. The summed E-state index contributed by atoms with van der Waals surface area (Å²) in [4.78, 5) is 20.6. The molecule has 2 unspecified atom stereocenters. The van der Waals surface area contributed by atoms with Gasteiger partial charge in [-0.15, -0.1) is 5.10 Å². The number of carbonyl (C=O) groups is 1. The summed E-state index contributed by atoms with van der Waals surface area (Å²) in [5.74, 6) is 0.954. The first-order chi connectivity index (χ1) is 11.6. The van der Waals surface area contributed by atoms with Crippen molar-refractivity contribution in [3.8, 4) is 0 Å². The van der Waals surface area contributed by atoms with Gasteiger partial charge in [0.2, 0.25) is 5.96 Å². The zero-order chi connectivity index (χ0) is 18.8. The molecule has 0 aromatic heterocycles. The van der Waals surface area contributed by atoms with Gasteiger partial charge in [0.05, 0.1) is 5.84 Å². The first kappa shape index (κ1) is 19.2. The van der Waals surface area contributed by atoms with Crippen LogP contribution in [0.15, 0.2) is 15.2 Å². The van der Waals surface area contributed by atoms with E-state index in [-0.39, 0.29) is 24.2 Å². The Labute approximate surface area is 149 Å². The summed E-state index contributed by atoms with van der Waals surface area (Å²) in [7, 11) is 1.82. The lowest BCUT2D eigenvalue weighted by molar-refractivity contribution is 0.0134. The highest BCUT2D eigenvalue weighted by atomic mass is 16.6. The average molecular weight is 350 g/mol. The molecular weight excluding hydrogens is 320 g/mol. The molecule has 2 aliphatic rings. The Morgan fingerprint density at radius 1 is 1.28 bits per heavy atom. The molecule has 0 spiro atoms. The number of nitrogens with two attached hydrogens (primary N) is 1. The van der Waals surface area contributed by atoms with E-state index in [1.807, 2.05) is 27.8 Å². The topological polar surface area (TPSA) is 95.9 Å². The van der Waals surface area contributed by atoms with Crippen LogP contribution in [0.4, 0.5) is 4.79 Å². The van der Waals surface area contributed by atoms with Crippen molar-refractivity contribution in [3.05, 3.63) is 0 Å². The van der Waals surface area contributed by atoms with Gasteiger partial charge in [-0.05, 0) is 53.4 Å². The molecule has 25 heavy (non-hydrogen) atoms. The van der Waals surface area contributed by atoms with E-state index in [0.29, 0.717) is 11.8 Å². The van der Waals surface area contributed by atoms with Gasteiger partial charge in [0, 0.05) is 31.9 Å². The third kappa shape index (κ3) is 4.70. The fourth-order valence-electron chi connectivity index (χ4n) is 3.63. The van der Waals surface area contributed by atoms with Crippen molar-refractivity contribution in [1.82, 2.24) is 9.80 Å². The Kier molecular flexibility index (Phi) is 5.69. The van der Waals surface area contributed by atoms with Crippen molar-refractivity contribution < 1.29 is 9.53 Å². The van der Waals surface area contributed by atoms with Gasteiger partial charge in [0.1, 0.15) is 5.60 Å². The van der Waals surface area contributed by atoms with E-state index in [4.69, 9.17) is 10.5 Å². The van der Waals surface area contributed by atoms with Crippen molar-refractivity contribution in [2.45, 2.75) is 77.1 Å². The number of nitrogens with zero attached hydrogens (tertiary/aromatic N) is 5. The van der Waals surface area contributed by atoms with Crippen LogP contribution in [0.5, 0.6) is 0 Å². The van der Waals surface area contributed by atoms with Crippen molar-refractivity contribution in [2.24, 2.45) is 20.9 Å². The zero-order valence-corrected chi connectivity index (χ0v) is 15.9. The molecule has 2 N–H and O–H groups in total. The number of hydrogen-bond donors (Lipinski definition) is 1. The van der Waals surface area contributed by atoms with Crippen molar-refractivity contribution in [1.29, 1.82) is 0 Å². The van der Waals surface area contributed by atoms with Gasteiger partial charge in [-0.3, -0.25) is 0 Å². The molecule has 2 rings (SSSR count). The van der Waals surface area contributed by atoms with Crippen LogP contribution < -0.4 is 5.73 Å². The summed E-state index contributed by atoms with van der Waals surface area (Å²) in [6.07, 6.45) is 3.50. The van der Waals surface area contributed by atoms with Gasteiger partial charge in [-0.1, -0.05) is 0 Å². The maximum atomic E-state index is 12.4. The van der Waals surface area contributed by atoms with Crippen molar-refractivity contribution in [2.75, 3.05) is 7.05 Å². The highest BCUT2D eigenvalue weighted by molar-refractivity contribution is 5.94. The minimum Gasteiger partial charge on any atom is -0.444 e. The van der Waals surface area contributed by atoms with Crippen LogP contribution in [0.3, 0.4) is 0 Å². The Morgan fingerprint density at radius 2 is 1.84 bits per heavy atom. The fraction of sp³-hybridized carbons (Fsp3) is 0.765. The number of fused-ring (bicyclic) bond motifs is 2. The first-order valence-electron chi connectivity index (χ1n) is 8.71. The van der Waals surface area contributed by atoms with Gasteiger partial charge < -0.3 is 20.3 Å². The highest BCUT2D eigenvalue weighted by Gasteiger charge is 2.44. The zero-order valence-electron chi connectivity index (χ0n) is 15.9. The molecule has 2 heterocycles. The summed E-state index contributed by atoms with van der Waals surface area (Å²) in [5.41, 5.74) is 5.23. The SMILES string of the molecule is C=NN=C(N=C(C)N)N1C2CC[C@@H]1CC(N(C)C(=O)OC(C)(C)C)C2. The van der Waals surface area contributed by atoms with E-state index in [1.165, 1.54) is 0 Å². The van der Waals surface area contributed by atoms with E-state index in [1.54, 1.807) is 11.8 Å². The summed E-state index contributed by atoms with van der Waals surface area (Å²) >= 11 is 0. The largest absolute Gasteiger partial charge is 0.444 e. The molecule has 3 atom stereocenters. The van der Waals surface area contributed by atoms with Gasteiger partial charge >= 0.3 is 6.09 Å². The van der Waals surface area contributed by atoms with Crippen molar-refractivity contribution >= 4 is 24.6 Å². The number of guanidine groups is 1. The molecule has 140 valence electrons. The monoisotopic (exact) mass is 350 g/mol. The predicted molar refractivity (Wildman–Crippen MR) is 99.9 cm³/mol. The predicted octanol–water partition coefficient (Wildman–Crippen LogP) is 2.20. The molecule has 2 bridgehead atoms. The van der Waals surface area contributed by atoms with Gasteiger partial charge in [0.25, 0.3) is 0 Å². The highest BCUT2D eigenvalue weighted by Crippen LogP contribution is 2.38. The van der Waals surface area contributed by atoms with Crippen molar-refractivity contribution in [3.63, 3.8) is 0 Å². The Balaban J connectivity index is 2.11. The first-order valence-corrected chi connectivity index (χ1v) is 8.71. The van der Waals surface area contributed by atoms with Crippen LogP contribution >= 0.6 is 0 Å². The summed E-state index contributed by atoms with van der Waals surface area (Å²) in [5, 5.41) is 7.70. The Morgan fingerprint density at radius 3 is 2.28 bits per heavy atom. The molecule has 2 fully saturated rings. The van der Waals surface area contributed by atoms with Crippen LogP contribution in [0.1, 0.15) is 53.4 Å². The number of amides is 1. The lowest BCUT2D eigenvalue weighted by Gasteiger charge is -2.42. The smallest absolute Gasteiger partial charge is 0.410 e. The second-order valence-corrected chi connectivity index (χ2v) is 7.80. The molecule has 0 radical (unpaired) electrons. The lowest BCUT2D eigenvalue weighted by Crippen LogP contribution is -2.53. The molecular formula is C17H30N6O2. The third-order valence-electron chi connectivity index (χ3n) is 4.60. The van der Waals surface area contributed by atoms with Crippen LogP contribution in [-0.2, 0) is 4.74 Å². The number of amidine groups is 1. The lowest BCUT2D eigenvalue weighted by atomic mass is 9.96. The number of hydrogen-bond acceptors (Lipinski definition) is 4. The molecule has 1 amide bonds. The minimum absolute atomic E-state index is 0.143. The van der Waals surface area contributed by atoms with Crippen LogP contribution in [0, 0.1) is 0 Å². The molecule has 0 aromatic carbocycles. The van der Waals surface area contributed by atoms with E-state index < -0.39 is 5.60 Å². The van der Waals surface area contributed by atoms with Crippen LogP contribution in [0.2, 0.25) is 0 Å². The second kappa shape index (κ2) is 7.41. The number of carbonyl (C=O) groups excluding carboxylic acids is 1. The molecule has 2 aliphatic heterocycles. The molecule has 0 aliphatic carbocycles. The van der Waals surface area contributed by atoms with Gasteiger partial charge in [-0.25, -0.2) is 4.79 Å². The molecule has 8 nitrogen and oxygen atoms in total. The number of aliphatic imine (C=N–C) groups is 1. The van der Waals surface area contributed by atoms with Crippen LogP contribution in [-0.4, -0.2) is 65.2 Å². The number of rotatable bonds is 2. The minimum atomic E-state index is -0.492. The summed E-state index contributed by atoms with van der Waals surface area (Å²) < 4.78 is 5.50. The molecule has 8 heteroatoms. The normalized spacial score (nSPS) is 27.2. The van der Waals surface area contributed by atoms with E-state index in [0.717, 1.165) is 25.7 Å². The molecule has 2 saturated heterocycles. The van der Waals surface area contributed by atoms with Gasteiger partial charge in [0.15, 0.2) is 0 Å². The second-order valence-electron chi connectivity index (χ2n) is 7.80. The average Bonchev–Trinajstić information content (AvgIpc) is 2.73. The molecule has 0 aromatic rings. The maximum absolute atomic E-state index is 12.4. The van der Waals surface area contributed by atoms with Gasteiger partial charge in [-0.2, -0.15) is 10.1 Å². The standard InChI is InChI=1S/C17H30N6O2/c1-11(18)20-15(21-19-5)23-12-7-8-13(23)10-14(9-12)22(6)16(24)25-17(2,3)4/h12-14H,5,7-10H2,1-4,6H3,(H2,18,20,21)/t12-,13?,14?/m1/s1. The Bertz CT molecular complexity index is 562. The number of ether oxygens (including phenoxy) is 1. The summed E-state index contributed by atoms with van der Waals surface area (Å²) in [6, 6.07) is 0.666. The Hall–Kier alpha value is -2.12. The maximum Gasteiger partial charge on any atom is 0.410 e. The van der Waals surface area contributed by atoms with Crippen LogP contribution in [0.25, 0.3) is 0 Å². The van der Waals surface area contributed by atoms with E-state index in [2.05, 4.69) is 26.8 Å².